The molecule has 128 valence electrons. The molecule has 0 atom stereocenters. The van der Waals surface area contributed by atoms with Crippen LogP contribution in [0.15, 0.2) is 36.4 Å². The maximum absolute atomic E-state index is 12.5. The highest BCUT2D eigenvalue weighted by Crippen LogP contribution is 2.33. The van der Waals surface area contributed by atoms with Crippen molar-refractivity contribution in [1.82, 2.24) is 0 Å². The third-order valence-electron chi connectivity index (χ3n) is 3.78. The first-order valence-corrected chi connectivity index (χ1v) is 7.59. The summed E-state index contributed by atoms with van der Waals surface area (Å²) in [6.45, 7) is 4.06. The average Bonchev–Trinajstić information content (AvgIpc) is 2.61. The van der Waals surface area contributed by atoms with Crippen LogP contribution >= 0.6 is 0 Å². The molecule has 0 aliphatic rings. The lowest BCUT2D eigenvalue weighted by molar-refractivity contribution is 0.0464. The summed E-state index contributed by atoms with van der Waals surface area (Å²) >= 11 is 0. The van der Waals surface area contributed by atoms with Crippen LogP contribution in [0.5, 0.6) is 11.5 Å². The fourth-order valence-corrected chi connectivity index (χ4v) is 2.34. The number of carbonyl (C=O) groups is 1. The van der Waals surface area contributed by atoms with E-state index in [1.807, 2.05) is 44.2 Å². The van der Waals surface area contributed by atoms with Crippen molar-refractivity contribution >= 4 is 5.97 Å². The summed E-state index contributed by atoms with van der Waals surface area (Å²) in [5.74, 6) is 0.614. The molecule has 0 saturated carbocycles. The van der Waals surface area contributed by atoms with E-state index >= 15 is 0 Å². The van der Waals surface area contributed by atoms with E-state index < -0.39 is 5.97 Å². The zero-order valence-electron chi connectivity index (χ0n) is 14.4. The Morgan fingerprint density at radius 1 is 1.00 bits per heavy atom. The van der Waals surface area contributed by atoms with Crippen molar-refractivity contribution in [3.8, 4) is 11.5 Å². The standard InChI is InChI=1S/C19H22O5/c1-13-14(2)18(17(22-4)10-16(13)24-12-21-3)19(20)23-11-15-8-6-5-7-9-15/h5-10H,11-12H2,1-4H3. The van der Waals surface area contributed by atoms with Gasteiger partial charge in [0.1, 0.15) is 23.7 Å². The van der Waals surface area contributed by atoms with Crippen molar-refractivity contribution in [2.24, 2.45) is 0 Å². The largest absolute Gasteiger partial charge is 0.496 e. The Morgan fingerprint density at radius 2 is 1.71 bits per heavy atom. The molecule has 0 spiro atoms. The maximum Gasteiger partial charge on any atom is 0.342 e. The first-order chi connectivity index (χ1) is 11.6. The molecule has 5 heteroatoms. The van der Waals surface area contributed by atoms with E-state index in [4.69, 9.17) is 18.9 Å². The summed E-state index contributed by atoms with van der Waals surface area (Å²) in [5, 5.41) is 0. The van der Waals surface area contributed by atoms with Gasteiger partial charge in [0.15, 0.2) is 6.79 Å². The van der Waals surface area contributed by atoms with Crippen LogP contribution < -0.4 is 9.47 Å². The highest BCUT2D eigenvalue weighted by molar-refractivity contribution is 5.95. The van der Waals surface area contributed by atoms with Crippen LogP contribution in [0.4, 0.5) is 0 Å². The van der Waals surface area contributed by atoms with E-state index in [0.29, 0.717) is 17.1 Å². The molecule has 0 aromatic heterocycles. The average molecular weight is 330 g/mol. The predicted molar refractivity (Wildman–Crippen MR) is 90.5 cm³/mol. The number of rotatable bonds is 7. The topological polar surface area (TPSA) is 54.0 Å². The van der Waals surface area contributed by atoms with Gasteiger partial charge in [-0.2, -0.15) is 0 Å². The van der Waals surface area contributed by atoms with Crippen molar-refractivity contribution in [1.29, 1.82) is 0 Å². The highest BCUT2D eigenvalue weighted by Gasteiger charge is 2.21. The second-order valence-corrected chi connectivity index (χ2v) is 5.31. The summed E-state index contributed by atoms with van der Waals surface area (Å²) < 4.78 is 21.2. The summed E-state index contributed by atoms with van der Waals surface area (Å²) in [6.07, 6.45) is 0. The van der Waals surface area contributed by atoms with Gasteiger partial charge in [-0.15, -0.1) is 0 Å². The van der Waals surface area contributed by atoms with E-state index in [1.165, 1.54) is 7.11 Å². The molecule has 2 aromatic rings. The zero-order valence-corrected chi connectivity index (χ0v) is 14.4. The minimum Gasteiger partial charge on any atom is -0.496 e. The number of ether oxygens (including phenoxy) is 4. The number of carbonyl (C=O) groups excluding carboxylic acids is 1. The second kappa shape index (κ2) is 8.36. The molecule has 0 fully saturated rings. The number of esters is 1. The molecule has 2 aromatic carbocycles. The van der Waals surface area contributed by atoms with Crippen molar-refractivity contribution in [3.05, 3.63) is 58.7 Å². The van der Waals surface area contributed by atoms with Crippen molar-refractivity contribution in [2.75, 3.05) is 21.0 Å². The van der Waals surface area contributed by atoms with Gasteiger partial charge >= 0.3 is 5.97 Å². The first-order valence-electron chi connectivity index (χ1n) is 7.59. The third-order valence-corrected chi connectivity index (χ3v) is 3.78. The molecule has 0 heterocycles. The van der Waals surface area contributed by atoms with Gasteiger partial charge in [-0.25, -0.2) is 4.79 Å². The fraction of sp³-hybridized carbons (Fsp3) is 0.316. The molecular formula is C19H22O5. The van der Waals surface area contributed by atoms with Gasteiger partial charge in [-0.1, -0.05) is 30.3 Å². The van der Waals surface area contributed by atoms with Gasteiger partial charge in [0.25, 0.3) is 0 Å². The summed E-state index contributed by atoms with van der Waals surface area (Å²) in [5.41, 5.74) is 2.95. The number of methoxy groups -OCH3 is 2. The van der Waals surface area contributed by atoms with Gasteiger partial charge in [0.2, 0.25) is 0 Å². The maximum atomic E-state index is 12.5. The van der Waals surface area contributed by atoms with E-state index in [0.717, 1.165) is 16.7 Å². The summed E-state index contributed by atoms with van der Waals surface area (Å²) in [4.78, 5) is 12.5. The van der Waals surface area contributed by atoms with Gasteiger partial charge in [0, 0.05) is 13.2 Å². The van der Waals surface area contributed by atoms with Crippen LogP contribution in [0.1, 0.15) is 27.0 Å². The first kappa shape index (κ1) is 17.8. The molecule has 0 aliphatic heterocycles. The number of hydrogen-bond donors (Lipinski definition) is 0. The summed E-state index contributed by atoms with van der Waals surface area (Å²) in [6, 6.07) is 11.2. The lowest BCUT2D eigenvalue weighted by atomic mass is 10.0. The lowest BCUT2D eigenvalue weighted by Crippen LogP contribution is -2.11. The molecule has 0 bridgehead atoms. The van der Waals surface area contributed by atoms with E-state index in [2.05, 4.69) is 0 Å². The minimum absolute atomic E-state index is 0.126. The normalized spacial score (nSPS) is 10.3. The second-order valence-electron chi connectivity index (χ2n) is 5.31. The Bertz CT molecular complexity index is 695. The smallest absolute Gasteiger partial charge is 0.342 e. The van der Waals surface area contributed by atoms with Crippen molar-refractivity contribution in [2.45, 2.75) is 20.5 Å². The quantitative estimate of drug-likeness (QED) is 0.573. The fourth-order valence-electron chi connectivity index (χ4n) is 2.34. The van der Waals surface area contributed by atoms with E-state index in [-0.39, 0.29) is 13.4 Å². The Morgan fingerprint density at radius 3 is 2.33 bits per heavy atom. The van der Waals surface area contributed by atoms with Crippen LogP contribution in [0.25, 0.3) is 0 Å². The van der Waals surface area contributed by atoms with Crippen LogP contribution in [0, 0.1) is 13.8 Å². The van der Waals surface area contributed by atoms with Gasteiger partial charge in [-0.3, -0.25) is 0 Å². The van der Waals surface area contributed by atoms with Crippen LogP contribution in [0.2, 0.25) is 0 Å². The molecule has 0 radical (unpaired) electrons. The van der Waals surface area contributed by atoms with Crippen molar-refractivity contribution in [3.63, 3.8) is 0 Å². The molecule has 24 heavy (non-hydrogen) atoms. The third kappa shape index (κ3) is 4.06. The lowest BCUT2D eigenvalue weighted by Gasteiger charge is -2.17. The van der Waals surface area contributed by atoms with Crippen molar-refractivity contribution < 1.29 is 23.7 Å². The van der Waals surface area contributed by atoms with Crippen LogP contribution in [-0.2, 0) is 16.1 Å². The molecule has 0 saturated heterocycles. The van der Waals surface area contributed by atoms with Gasteiger partial charge in [-0.05, 0) is 30.5 Å². The monoisotopic (exact) mass is 330 g/mol. The zero-order chi connectivity index (χ0) is 17.5. The number of benzene rings is 2. The Labute approximate surface area is 142 Å². The predicted octanol–water partition coefficient (Wildman–Crippen LogP) is 3.65. The van der Waals surface area contributed by atoms with Crippen LogP contribution in [-0.4, -0.2) is 27.0 Å². The van der Waals surface area contributed by atoms with E-state index in [1.54, 1.807) is 13.2 Å². The molecule has 0 amide bonds. The molecular weight excluding hydrogens is 308 g/mol. The molecule has 2 rings (SSSR count). The molecule has 0 N–H and O–H groups in total. The minimum atomic E-state index is -0.422. The van der Waals surface area contributed by atoms with Gasteiger partial charge < -0.3 is 18.9 Å². The Balaban J connectivity index is 2.24. The highest BCUT2D eigenvalue weighted by atomic mass is 16.7. The van der Waals surface area contributed by atoms with Gasteiger partial charge in [0.05, 0.1) is 7.11 Å². The molecule has 0 aliphatic carbocycles. The van der Waals surface area contributed by atoms with Crippen LogP contribution in [0.3, 0.4) is 0 Å². The molecule has 0 unspecified atom stereocenters. The Hall–Kier alpha value is -2.53. The van der Waals surface area contributed by atoms with E-state index in [9.17, 15) is 4.79 Å². The number of hydrogen-bond acceptors (Lipinski definition) is 5. The summed E-state index contributed by atoms with van der Waals surface area (Å²) in [7, 11) is 3.06. The molecule has 5 nitrogen and oxygen atoms in total. The Kier molecular flexibility index (Phi) is 6.21. The SMILES string of the molecule is COCOc1cc(OC)c(C(=O)OCc2ccccc2)c(C)c1C.